The zero-order valence-corrected chi connectivity index (χ0v) is 12.1. The van der Waals surface area contributed by atoms with Crippen LogP contribution in [0.2, 0.25) is 0 Å². The monoisotopic (exact) mass is 291 g/mol. The fourth-order valence-corrected chi connectivity index (χ4v) is 2.43. The summed E-state index contributed by atoms with van der Waals surface area (Å²) in [6.45, 7) is 5.35. The topological polar surface area (TPSA) is 57.6 Å². The van der Waals surface area contributed by atoms with Crippen LogP contribution in [0.15, 0.2) is 24.3 Å². The van der Waals surface area contributed by atoms with Gasteiger partial charge in [-0.2, -0.15) is 0 Å². The van der Waals surface area contributed by atoms with Gasteiger partial charge in [0.2, 0.25) is 0 Å². The lowest BCUT2D eigenvalue weighted by Gasteiger charge is -2.20. The van der Waals surface area contributed by atoms with Gasteiger partial charge in [-0.05, 0) is 35.6 Å². The zero-order chi connectivity index (χ0) is 15.6. The molecular weight excluding hydrogens is 273 g/mol. The standard InChI is InChI=1S/C16H18FNO3/c1-16(2)7-8-18(10-16)15(21)12-9-11(3-5-13(12)17)4-6-14(19)20/h3-6,9H,7-8,10H2,1-2H3,(H,19,20)/b6-4+. The first-order valence-corrected chi connectivity index (χ1v) is 6.78. The van der Waals surface area contributed by atoms with E-state index in [1.54, 1.807) is 4.90 Å². The van der Waals surface area contributed by atoms with Gasteiger partial charge in [0.15, 0.2) is 0 Å². The second-order valence-electron chi connectivity index (χ2n) is 6.05. The summed E-state index contributed by atoms with van der Waals surface area (Å²) >= 11 is 0. The first-order valence-electron chi connectivity index (χ1n) is 6.78. The van der Waals surface area contributed by atoms with E-state index in [2.05, 4.69) is 13.8 Å². The summed E-state index contributed by atoms with van der Waals surface area (Å²) in [6.07, 6.45) is 3.19. The van der Waals surface area contributed by atoms with E-state index < -0.39 is 11.8 Å². The summed E-state index contributed by atoms with van der Waals surface area (Å²) in [5.74, 6) is -2.02. The third kappa shape index (κ3) is 3.68. The molecule has 1 aliphatic heterocycles. The normalized spacial score (nSPS) is 17.4. The summed E-state index contributed by atoms with van der Waals surface area (Å²) in [7, 11) is 0. The molecule has 1 aromatic carbocycles. The van der Waals surface area contributed by atoms with E-state index in [0.717, 1.165) is 12.5 Å². The smallest absolute Gasteiger partial charge is 0.328 e. The van der Waals surface area contributed by atoms with Gasteiger partial charge < -0.3 is 10.0 Å². The van der Waals surface area contributed by atoms with Crippen molar-refractivity contribution < 1.29 is 19.1 Å². The maximum absolute atomic E-state index is 13.9. The van der Waals surface area contributed by atoms with Gasteiger partial charge in [0, 0.05) is 19.2 Å². The Bertz CT molecular complexity index is 608. The minimum absolute atomic E-state index is 0.0137. The highest BCUT2D eigenvalue weighted by Gasteiger charge is 2.33. The second-order valence-corrected chi connectivity index (χ2v) is 6.05. The number of carboxylic acid groups (broad SMARTS) is 1. The van der Waals surface area contributed by atoms with E-state index in [1.807, 2.05) is 0 Å². The number of hydrogen-bond donors (Lipinski definition) is 1. The quantitative estimate of drug-likeness (QED) is 0.871. The van der Waals surface area contributed by atoms with Gasteiger partial charge in [0.25, 0.3) is 5.91 Å². The van der Waals surface area contributed by atoms with Crippen LogP contribution in [0.25, 0.3) is 6.08 Å². The largest absolute Gasteiger partial charge is 0.478 e. The van der Waals surface area contributed by atoms with Crippen LogP contribution >= 0.6 is 0 Å². The molecule has 5 heteroatoms. The molecule has 0 aromatic heterocycles. The number of rotatable bonds is 3. The summed E-state index contributed by atoms with van der Waals surface area (Å²) < 4.78 is 13.9. The maximum atomic E-state index is 13.9. The Labute approximate surface area is 122 Å². The Morgan fingerprint density at radius 1 is 1.38 bits per heavy atom. The van der Waals surface area contributed by atoms with Gasteiger partial charge in [-0.15, -0.1) is 0 Å². The van der Waals surface area contributed by atoms with Crippen LogP contribution in [0, 0.1) is 11.2 Å². The van der Waals surface area contributed by atoms with E-state index in [-0.39, 0.29) is 16.9 Å². The third-order valence-electron chi connectivity index (χ3n) is 3.60. The molecule has 0 atom stereocenters. The number of hydrogen-bond acceptors (Lipinski definition) is 2. The number of likely N-dealkylation sites (tertiary alicyclic amines) is 1. The molecule has 112 valence electrons. The molecule has 1 fully saturated rings. The number of carboxylic acids is 1. The molecule has 0 unspecified atom stereocenters. The van der Waals surface area contributed by atoms with Gasteiger partial charge in [0.05, 0.1) is 5.56 Å². The lowest BCUT2D eigenvalue weighted by atomic mass is 9.93. The lowest BCUT2D eigenvalue weighted by molar-refractivity contribution is -0.131. The van der Waals surface area contributed by atoms with Crippen molar-refractivity contribution in [1.29, 1.82) is 0 Å². The van der Waals surface area contributed by atoms with Gasteiger partial charge in [-0.3, -0.25) is 4.79 Å². The van der Waals surface area contributed by atoms with Gasteiger partial charge in [0.1, 0.15) is 5.82 Å². The molecule has 2 rings (SSSR count). The highest BCUT2D eigenvalue weighted by atomic mass is 19.1. The molecule has 0 saturated carbocycles. The first-order chi connectivity index (χ1) is 9.78. The summed E-state index contributed by atoms with van der Waals surface area (Å²) in [6, 6.07) is 4.03. The molecule has 1 heterocycles. The number of carbonyl (C=O) groups excluding carboxylic acids is 1. The van der Waals surface area contributed by atoms with Crippen LogP contribution in [0.3, 0.4) is 0 Å². The third-order valence-corrected chi connectivity index (χ3v) is 3.60. The molecule has 0 aliphatic carbocycles. The van der Waals surface area contributed by atoms with Crippen molar-refractivity contribution in [3.8, 4) is 0 Å². The second kappa shape index (κ2) is 5.68. The molecule has 1 aromatic rings. The summed E-state index contributed by atoms with van der Waals surface area (Å²) in [5.41, 5.74) is 0.522. The Kier molecular flexibility index (Phi) is 4.11. The van der Waals surface area contributed by atoms with Crippen molar-refractivity contribution in [1.82, 2.24) is 4.90 Å². The molecule has 21 heavy (non-hydrogen) atoms. The predicted octanol–water partition coefficient (Wildman–Crippen LogP) is 2.80. The highest BCUT2D eigenvalue weighted by Crippen LogP contribution is 2.30. The molecule has 0 bridgehead atoms. The Morgan fingerprint density at radius 2 is 2.10 bits per heavy atom. The number of benzene rings is 1. The van der Waals surface area contributed by atoms with Crippen molar-refractivity contribution in [2.75, 3.05) is 13.1 Å². The van der Waals surface area contributed by atoms with Crippen LogP contribution < -0.4 is 0 Å². The van der Waals surface area contributed by atoms with Crippen LogP contribution in [0.4, 0.5) is 4.39 Å². The van der Waals surface area contributed by atoms with E-state index in [4.69, 9.17) is 5.11 Å². The fourth-order valence-electron chi connectivity index (χ4n) is 2.43. The minimum atomic E-state index is -1.09. The number of aliphatic carboxylic acids is 1. The SMILES string of the molecule is CC1(C)CCN(C(=O)c2cc(/C=C/C(=O)O)ccc2F)C1. The van der Waals surface area contributed by atoms with Gasteiger partial charge >= 0.3 is 5.97 Å². The van der Waals surface area contributed by atoms with Crippen molar-refractivity contribution in [3.05, 3.63) is 41.2 Å². The van der Waals surface area contributed by atoms with E-state index in [9.17, 15) is 14.0 Å². The number of amides is 1. The van der Waals surface area contributed by atoms with Crippen molar-refractivity contribution in [3.63, 3.8) is 0 Å². The number of carbonyl (C=O) groups is 2. The summed E-state index contributed by atoms with van der Waals surface area (Å²) in [4.78, 5) is 24.5. The van der Waals surface area contributed by atoms with Crippen LogP contribution in [0.5, 0.6) is 0 Å². The minimum Gasteiger partial charge on any atom is -0.478 e. The molecule has 1 saturated heterocycles. The molecule has 0 spiro atoms. The van der Waals surface area contributed by atoms with Crippen molar-refractivity contribution >= 4 is 18.0 Å². The molecule has 4 nitrogen and oxygen atoms in total. The summed E-state index contributed by atoms with van der Waals surface area (Å²) in [5, 5.41) is 8.60. The van der Waals surface area contributed by atoms with E-state index >= 15 is 0 Å². The fraction of sp³-hybridized carbons (Fsp3) is 0.375. The van der Waals surface area contributed by atoms with Crippen LogP contribution in [-0.2, 0) is 4.79 Å². The van der Waals surface area contributed by atoms with Crippen molar-refractivity contribution in [2.45, 2.75) is 20.3 Å². The predicted molar refractivity (Wildman–Crippen MR) is 77.4 cm³/mol. The Hall–Kier alpha value is -2.17. The van der Waals surface area contributed by atoms with Crippen LogP contribution in [-0.4, -0.2) is 35.0 Å². The molecule has 1 N–H and O–H groups in total. The zero-order valence-electron chi connectivity index (χ0n) is 12.1. The first kappa shape index (κ1) is 15.2. The average molecular weight is 291 g/mol. The molecular formula is C16H18FNO3. The molecule has 1 amide bonds. The average Bonchev–Trinajstić information content (AvgIpc) is 2.77. The Balaban J connectivity index is 2.24. The number of nitrogens with zero attached hydrogens (tertiary/aromatic N) is 1. The maximum Gasteiger partial charge on any atom is 0.328 e. The van der Waals surface area contributed by atoms with Crippen molar-refractivity contribution in [2.24, 2.45) is 5.41 Å². The van der Waals surface area contributed by atoms with E-state index in [0.29, 0.717) is 18.7 Å². The number of halogens is 1. The van der Waals surface area contributed by atoms with Crippen LogP contribution in [0.1, 0.15) is 36.2 Å². The highest BCUT2D eigenvalue weighted by molar-refractivity contribution is 5.95. The Morgan fingerprint density at radius 3 is 2.67 bits per heavy atom. The lowest BCUT2D eigenvalue weighted by Crippen LogP contribution is -2.30. The van der Waals surface area contributed by atoms with Gasteiger partial charge in [-0.1, -0.05) is 19.9 Å². The van der Waals surface area contributed by atoms with Gasteiger partial charge in [-0.25, -0.2) is 9.18 Å². The molecule has 0 radical (unpaired) electrons. The molecule has 1 aliphatic rings. The van der Waals surface area contributed by atoms with E-state index in [1.165, 1.54) is 24.3 Å².